The third-order valence-corrected chi connectivity index (χ3v) is 12.2. The summed E-state index contributed by atoms with van der Waals surface area (Å²) in [4.78, 5) is 0. The topological polar surface area (TPSA) is 0 Å². The first-order valence-corrected chi connectivity index (χ1v) is 14.1. The third kappa shape index (κ3) is 6.36. The molecule has 2 aliphatic rings. The van der Waals surface area contributed by atoms with Crippen molar-refractivity contribution < 1.29 is 0 Å². The molecule has 0 radical (unpaired) electrons. The summed E-state index contributed by atoms with van der Waals surface area (Å²) >= 11 is 0. The Bertz CT molecular complexity index is 239. The zero-order valence-electron chi connectivity index (χ0n) is 14.2. The molecule has 3 atom stereocenters. The lowest BCUT2D eigenvalue weighted by molar-refractivity contribution is 0.483. The van der Waals surface area contributed by atoms with Gasteiger partial charge in [0.15, 0.2) is 0 Å². The van der Waals surface area contributed by atoms with Gasteiger partial charge in [0.2, 0.25) is 0 Å². The van der Waals surface area contributed by atoms with E-state index in [2.05, 4.69) is 15.9 Å². The number of unbranched alkanes of at least 4 members (excludes halogenated alkanes) is 1. The molecule has 2 unspecified atom stereocenters. The maximum absolute atomic E-state index is 3.09. The molecule has 0 amide bonds. The summed E-state index contributed by atoms with van der Waals surface area (Å²) in [5.74, 6) is 0. The SMILES string of the molecule is CCCC[C@@H](CP(C1CCCCC1)C1CCCCC1)PP. The van der Waals surface area contributed by atoms with Gasteiger partial charge in [-0.2, -0.15) is 0 Å². The third-order valence-electron chi connectivity index (χ3n) is 5.66. The molecule has 124 valence electrons. The lowest BCUT2D eigenvalue weighted by atomic mass is 9.99. The Morgan fingerprint density at radius 3 is 1.90 bits per heavy atom. The van der Waals surface area contributed by atoms with E-state index in [1.165, 1.54) is 32.1 Å². The fraction of sp³-hybridized carbons (Fsp3) is 1.00. The molecule has 0 spiro atoms. The maximum atomic E-state index is 3.09. The second kappa shape index (κ2) is 11.0. The van der Waals surface area contributed by atoms with Crippen LogP contribution in [0.2, 0.25) is 0 Å². The van der Waals surface area contributed by atoms with E-state index in [1.54, 1.807) is 57.5 Å². The molecule has 2 rings (SSSR count). The molecule has 0 aliphatic heterocycles. The first kappa shape index (κ1) is 18.6. The van der Waals surface area contributed by atoms with Crippen LogP contribution in [0.5, 0.6) is 0 Å². The minimum absolute atomic E-state index is 0.335. The minimum Gasteiger partial charge on any atom is -0.114 e. The van der Waals surface area contributed by atoms with Crippen LogP contribution in [0.1, 0.15) is 90.4 Å². The van der Waals surface area contributed by atoms with E-state index in [0.717, 1.165) is 25.2 Å². The Balaban J connectivity index is 1.95. The van der Waals surface area contributed by atoms with E-state index < -0.39 is 0 Å². The number of rotatable bonds is 8. The van der Waals surface area contributed by atoms with Crippen molar-refractivity contribution in [3.05, 3.63) is 0 Å². The molecule has 0 aromatic carbocycles. The van der Waals surface area contributed by atoms with Gasteiger partial charge in [-0.05, 0) is 55.2 Å². The highest BCUT2D eigenvalue weighted by Gasteiger charge is 2.32. The van der Waals surface area contributed by atoms with Gasteiger partial charge in [0.25, 0.3) is 0 Å². The van der Waals surface area contributed by atoms with Crippen molar-refractivity contribution in [2.75, 3.05) is 6.16 Å². The van der Waals surface area contributed by atoms with E-state index in [0.29, 0.717) is 7.92 Å². The fourth-order valence-electron chi connectivity index (χ4n) is 4.35. The average Bonchev–Trinajstić information content (AvgIpc) is 2.57. The van der Waals surface area contributed by atoms with Gasteiger partial charge in [-0.25, -0.2) is 0 Å². The second-order valence-corrected chi connectivity index (χ2v) is 12.3. The Morgan fingerprint density at radius 2 is 1.48 bits per heavy atom. The highest BCUT2D eigenvalue weighted by molar-refractivity contribution is 8.03. The molecular formula is C18H37P3. The Hall–Kier alpha value is 1.29. The van der Waals surface area contributed by atoms with Crippen molar-refractivity contribution in [3.8, 4) is 0 Å². The summed E-state index contributed by atoms with van der Waals surface area (Å²) in [5, 5.41) is 0. The Morgan fingerprint density at radius 1 is 0.952 bits per heavy atom. The standard InChI is InChI=1S/C18H37P3/c1-2-3-10-16(20-19)15-21(17-11-6-4-7-12-17)18-13-8-5-9-14-18/h16-18,20H,2-15,19H2,1H3/t16-/m0/s1. The molecule has 0 N–H and O–H groups in total. The van der Waals surface area contributed by atoms with Crippen molar-refractivity contribution >= 4 is 25.1 Å². The van der Waals surface area contributed by atoms with Crippen molar-refractivity contribution in [2.45, 2.75) is 107 Å². The lowest BCUT2D eigenvalue weighted by Crippen LogP contribution is -2.24. The molecule has 2 aliphatic carbocycles. The molecule has 21 heavy (non-hydrogen) atoms. The second-order valence-electron chi connectivity index (χ2n) is 7.29. The van der Waals surface area contributed by atoms with Gasteiger partial charge in [-0.1, -0.05) is 74.5 Å². The van der Waals surface area contributed by atoms with Gasteiger partial charge in [0.05, 0.1) is 0 Å². The molecule has 3 heteroatoms. The van der Waals surface area contributed by atoms with Gasteiger partial charge in [-0.3, -0.25) is 0 Å². The molecule has 2 saturated carbocycles. The van der Waals surface area contributed by atoms with Gasteiger partial charge >= 0.3 is 0 Å². The molecule has 0 heterocycles. The van der Waals surface area contributed by atoms with Crippen LogP contribution >= 0.6 is 25.1 Å². The van der Waals surface area contributed by atoms with E-state index in [1.807, 2.05) is 0 Å². The zero-order valence-corrected chi connectivity index (χ0v) is 17.2. The smallest absolute Gasteiger partial charge is 0.0163 e. The normalized spacial score (nSPS) is 24.1. The number of hydrogen-bond donors (Lipinski definition) is 0. The lowest BCUT2D eigenvalue weighted by Gasteiger charge is -2.40. The highest BCUT2D eigenvalue weighted by atomic mass is 32.0. The summed E-state index contributed by atoms with van der Waals surface area (Å²) < 4.78 is 0. The van der Waals surface area contributed by atoms with Gasteiger partial charge < -0.3 is 0 Å². The minimum atomic E-state index is 0.335. The predicted octanol–water partition coefficient (Wildman–Crippen LogP) is 7.16. The summed E-state index contributed by atoms with van der Waals surface area (Å²) in [6, 6.07) is 0. The zero-order chi connectivity index (χ0) is 14.9. The summed E-state index contributed by atoms with van der Waals surface area (Å²) in [5.41, 5.74) is 3.36. The van der Waals surface area contributed by atoms with Crippen LogP contribution in [0, 0.1) is 0 Å². The predicted molar refractivity (Wildman–Crippen MR) is 107 cm³/mol. The van der Waals surface area contributed by atoms with Crippen LogP contribution in [0.25, 0.3) is 0 Å². The van der Waals surface area contributed by atoms with Crippen LogP contribution in [0.4, 0.5) is 0 Å². The highest BCUT2D eigenvalue weighted by Crippen LogP contribution is 2.58. The summed E-state index contributed by atoms with van der Waals surface area (Å²) in [7, 11) is 4.54. The molecular weight excluding hydrogens is 309 g/mol. The summed E-state index contributed by atoms with van der Waals surface area (Å²) in [6.07, 6.45) is 21.5. The first-order chi connectivity index (χ1) is 10.3. The van der Waals surface area contributed by atoms with E-state index >= 15 is 0 Å². The van der Waals surface area contributed by atoms with Crippen LogP contribution in [-0.4, -0.2) is 23.1 Å². The van der Waals surface area contributed by atoms with Gasteiger partial charge in [0, 0.05) is 0 Å². The number of hydrogen-bond acceptors (Lipinski definition) is 0. The van der Waals surface area contributed by atoms with Crippen molar-refractivity contribution in [2.24, 2.45) is 0 Å². The van der Waals surface area contributed by atoms with E-state index in [9.17, 15) is 0 Å². The largest absolute Gasteiger partial charge is 0.114 e. The van der Waals surface area contributed by atoms with Crippen LogP contribution < -0.4 is 0 Å². The Kier molecular flexibility index (Phi) is 9.71. The average molecular weight is 346 g/mol. The van der Waals surface area contributed by atoms with Gasteiger partial charge in [-0.15, -0.1) is 8.93 Å². The van der Waals surface area contributed by atoms with Crippen LogP contribution in [-0.2, 0) is 0 Å². The summed E-state index contributed by atoms with van der Waals surface area (Å²) in [6.45, 7) is 2.36. The Labute approximate surface area is 139 Å². The molecule has 0 bridgehead atoms. The molecule has 0 aromatic heterocycles. The monoisotopic (exact) mass is 346 g/mol. The van der Waals surface area contributed by atoms with Gasteiger partial charge in [0.1, 0.15) is 0 Å². The molecule has 0 aromatic rings. The quantitative estimate of drug-likeness (QED) is 0.409. The molecule has 0 saturated heterocycles. The fourth-order valence-corrected chi connectivity index (χ4v) is 11.2. The van der Waals surface area contributed by atoms with Crippen molar-refractivity contribution in [3.63, 3.8) is 0 Å². The van der Waals surface area contributed by atoms with E-state index in [4.69, 9.17) is 0 Å². The van der Waals surface area contributed by atoms with Crippen LogP contribution in [0.3, 0.4) is 0 Å². The first-order valence-electron chi connectivity index (χ1n) is 9.57. The molecule has 0 nitrogen and oxygen atoms in total. The van der Waals surface area contributed by atoms with Crippen molar-refractivity contribution in [1.29, 1.82) is 0 Å². The van der Waals surface area contributed by atoms with E-state index in [-0.39, 0.29) is 0 Å². The van der Waals surface area contributed by atoms with Crippen LogP contribution in [0.15, 0.2) is 0 Å². The maximum Gasteiger partial charge on any atom is -0.0163 e. The van der Waals surface area contributed by atoms with Crippen molar-refractivity contribution in [1.82, 2.24) is 0 Å². The molecule has 2 fully saturated rings.